The minimum atomic E-state index is -0.0637. The molecule has 1 aromatic carbocycles. The van der Waals surface area contributed by atoms with Crippen LogP contribution >= 0.6 is 0 Å². The summed E-state index contributed by atoms with van der Waals surface area (Å²) in [6.45, 7) is 5.54. The Labute approximate surface area is 147 Å². The monoisotopic (exact) mass is 341 g/mol. The average Bonchev–Trinajstić information content (AvgIpc) is 2.62. The van der Waals surface area contributed by atoms with Gasteiger partial charge in [0.05, 0.1) is 18.7 Å². The molecule has 2 heterocycles. The van der Waals surface area contributed by atoms with Crippen molar-refractivity contribution in [3.05, 3.63) is 47.9 Å². The number of likely N-dealkylation sites (tertiary alicyclic amines) is 1. The highest BCUT2D eigenvalue weighted by Gasteiger charge is 2.27. The highest BCUT2D eigenvalue weighted by Crippen LogP contribution is 2.23. The van der Waals surface area contributed by atoms with Gasteiger partial charge in [-0.15, -0.1) is 0 Å². The molecule has 6 heteroatoms. The maximum absolute atomic E-state index is 12.9. The van der Waals surface area contributed by atoms with Crippen molar-refractivity contribution in [1.82, 2.24) is 14.9 Å². The van der Waals surface area contributed by atoms with Crippen molar-refractivity contribution in [2.75, 3.05) is 19.7 Å². The fourth-order valence-corrected chi connectivity index (χ4v) is 2.98. The first-order valence-electron chi connectivity index (χ1n) is 8.64. The number of para-hydroxylation sites is 1. The summed E-state index contributed by atoms with van der Waals surface area (Å²) < 4.78 is 11.5. The van der Waals surface area contributed by atoms with Crippen molar-refractivity contribution in [2.45, 2.75) is 32.8 Å². The molecule has 0 aliphatic carbocycles. The molecule has 1 aliphatic heterocycles. The van der Waals surface area contributed by atoms with Crippen LogP contribution < -0.4 is 9.47 Å². The zero-order valence-electron chi connectivity index (χ0n) is 14.6. The second-order valence-corrected chi connectivity index (χ2v) is 6.00. The molecule has 0 bridgehead atoms. The Bertz CT molecular complexity index is 735. The number of carbonyl (C=O) groups is 1. The van der Waals surface area contributed by atoms with Gasteiger partial charge in [0.15, 0.2) is 0 Å². The topological polar surface area (TPSA) is 64.5 Å². The van der Waals surface area contributed by atoms with Gasteiger partial charge in [-0.1, -0.05) is 12.1 Å². The van der Waals surface area contributed by atoms with Gasteiger partial charge < -0.3 is 14.4 Å². The van der Waals surface area contributed by atoms with Crippen LogP contribution in [0.3, 0.4) is 0 Å². The third-order valence-corrected chi connectivity index (χ3v) is 4.12. The largest absolute Gasteiger partial charge is 0.493 e. The molecule has 6 nitrogen and oxygen atoms in total. The van der Waals surface area contributed by atoms with Crippen molar-refractivity contribution in [2.24, 2.45) is 0 Å². The van der Waals surface area contributed by atoms with Gasteiger partial charge in [0.1, 0.15) is 17.7 Å². The van der Waals surface area contributed by atoms with Gasteiger partial charge in [-0.25, -0.2) is 4.98 Å². The fourth-order valence-electron chi connectivity index (χ4n) is 2.98. The van der Waals surface area contributed by atoms with Gasteiger partial charge in [0, 0.05) is 18.8 Å². The number of hydrogen-bond donors (Lipinski definition) is 0. The summed E-state index contributed by atoms with van der Waals surface area (Å²) in [6.07, 6.45) is 3.42. The molecule has 0 N–H and O–H groups in total. The van der Waals surface area contributed by atoms with E-state index in [9.17, 15) is 4.79 Å². The molecule has 1 aliphatic rings. The zero-order chi connectivity index (χ0) is 17.6. The molecule has 1 aromatic heterocycles. The minimum Gasteiger partial charge on any atom is -0.493 e. The summed E-state index contributed by atoms with van der Waals surface area (Å²) in [5.74, 6) is 1.84. The minimum absolute atomic E-state index is 0.0174. The van der Waals surface area contributed by atoms with E-state index in [0.29, 0.717) is 36.2 Å². The maximum atomic E-state index is 12.9. The Kier molecular flexibility index (Phi) is 5.48. The predicted molar refractivity (Wildman–Crippen MR) is 93.9 cm³/mol. The third-order valence-electron chi connectivity index (χ3n) is 4.12. The van der Waals surface area contributed by atoms with Crippen molar-refractivity contribution in [1.29, 1.82) is 0 Å². The summed E-state index contributed by atoms with van der Waals surface area (Å²) in [6, 6.07) is 9.13. The number of piperidine rings is 1. The van der Waals surface area contributed by atoms with Gasteiger partial charge in [0.2, 0.25) is 5.88 Å². The molecule has 2 aromatic rings. The van der Waals surface area contributed by atoms with Gasteiger partial charge >= 0.3 is 0 Å². The first-order chi connectivity index (χ1) is 12.2. The Morgan fingerprint density at radius 1 is 1.32 bits per heavy atom. The van der Waals surface area contributed by atoms with Crippen molar-refractivity contribution in [3.63, 3.8) is 0 Å². The van der Waals surface area contributed by atoms with E-state index < -0.39 is 0 Å². The van der Waals surface area contributed by atoms with Crippen LogP contribution in [0.15, 0.2) is 36.5 Å². The summed E-state index contributed by atoms with van der Waals surface area (Å²) in [5, 5.41) is 0. The van der Waals surface area contributed by atoms with Crippen LogP contribution in [0.2, 0.25) is 0 Å². The number of benzene rings is 1. The molecule has 1 unspecified atom stereocenters. The molecular formula is C19H23N3O3. The summed E-state index contributed by atoms with van der Waals surface area (Å²) in [4.78, 5) is 23.1. The lowest BCUT2D eigenvalue weighted by molar-refractivity contribution is 0.0523. The Morgan fingerprint density at radius 3 is 2.96 bits per heavy atom. The van der Waals surface area contributed by atoms with E-state index in [0.717, 1.165) is 19.4 Å². The fraction of sp³-hybridized carbons (Fsp3) is 0.421. The van der Waals surface area contributed by atoms with Crippen molar-refractivity contribution in [3.8, 4) is 11.6 Å². The van der Waals surface area contributed by atoms with Crippen LogP contribution in [-0.2, 0) is 0 Å². The molecule has 0 spiro atoms. The van der Waals surface area contributed by atoms with Gasteiger partial charge in [-0.3, -0.25) is 4.79 Å². The van der Waals surface area contributed by atoms with E-state index in [1.165, 1.54) is 0 Å². The maximum Gasteiger partial charge on any atom is 0.257 e. The molecule has 132 valence electrons. The van der Waals surface area contributed by atoms with E-state index in [-0.39, 0.29) is 12.0 Å². The lowest BCUT2D eigenvalue weighted by atomic mass is 10.1. The van der Waals surface area contributed by atoms with Crippen LogP contribution in [-0.4, -0.2) is 46.6 Å². The number of amides is 1. The molecule has 0 radical (unpaired) electrons. The van der Waals surface area contributed by atoms with Gasteiger partial charge in [-0.05, 0) is 38.8 Å². The molecule has 25 heavy (non-hydrogen) atoms. The number of carbonyl (C=O) groups excluding carboxylic acids is 1. The quantitative estimate of drug-likeness (QED) is 0.837. The van der Waals surface area contributed by atoms with Crippen LogP contribution in [0.1, 0.15) is 35.9 Å². The molecule has 1 amide bonds. The molecular weight excluding hydrogens is 318 g/mol. The molecule has 0 saturated carbocycles. The third kappa shape index (κ3) is 4.26. The number of ether oxygens (including phenoxy) is 2. The van der Waals surface area contributed by atoms with Gasteiger partial charge in [-0.2, -0.15) is 4.98 Å². The average molecular weight is 341 g/mol. The smallest absolute Gasteiger partial charge is 0.257 e. The second-order valence-electron chi connectivity index (χ2n) is 6.00. The van der Waals surface area contributed by atoms with Crippen LogP contribution in [0.5, 0.6) is 11.6 Å². The van der Waals surface area contributed by atoms with Crippen LogP contribution in [0, 0.1) is 6.92 Å². The SMILES string of the molecule is CCOc1ccccc1C(=O)N1CCCC(Oc2ccnc(C)n2)C1. The van der Waals surface area contributed by atoms with Crippen LogP contribution in [0.4, 0.5) is 0 Å². The number of aromatic nitrogens is 2. The Morgan fingerprint density at radius 2 is 2.16 bits per heavy atom. The predicted octanol–water partition coefficient (Wildman–Crippen LogP) is 2.87. The number of nitrogens with zero attached hydrogens (tertiary/aromatic N) is 3. The Hall–Kier alpha value is -2.63. The van der Waals surface area contributed by atoms with E-state index in [2.05, 4.69) is 9.97 Å². The summed E-state index contributed by atoms with van der Waals surface area (Å²) in [7, 11) is 0. The van der Waals surface area contributed by atoms with E-state index in [1.807, 2.05) is 43.0 Å². The molecule has 1 saturated heterocycles. The Balaban J connectivity index is 1.69. The summed E-state index contributed by atoms with van der Waals surface area (Å²) in [5.41, 5.74) is 0.600. The van der Waals surface area contributed by atoms with E-state index in [1.54, 1.807) is 12.3 Å². The van der Waals surface area contributed by atoms with Crippen LogP contribution in [0.25, 0.3) is 0 Å². The lowest BCUT2D eigenvalue weighted by Gasteiger charge is -2.33. The van der Waals surface area contributed by atoms with Crippen molar-refractivity contribution < 1.29 is 14.3 Å². The van der Waals surface area contributed by atoms with E-state index in [4.69, 9.17) is 9.47 Å². The highest BCUT2D eigenvalue weighted by molar-refractivity contribution is 5.97. The zero-order valence-corrected chi connectivity index (χ0v) is 14.6. The van der Waals surface area contributed by atoms with Crippen molar-refractivity contribution >= 4 is 5.91 Å². The number of hydrogen-bond acceptors (Lipinski definition) is 5. The second kappa shape index (κ2) is 7.96. The summed E-state index contributed by atoms with van der Waals surface area (Å²) >= 11 is 0. The molecule has 3 rings (SSSR count). The number of rotatable bonds is 5. The van der Waals surface area contributed by atoms with Gasteiger partial charge in [0.25, 0.3) is 5.91 Å². The highest BCUT2D eigenvalue weighted by atomic mass is 16.5. The normalized spacial score (nSPS) is 17.2. The number of aryl methyl sites for hydroxylation is 1. The van der Waals surface area contributed by atoms with E-state index >= 15 is 0 Å². The first-order valence-corrected chi connectivity index (χ1v) is 8.64. The first kappa shape index (κ1) is 17.2. The lowest BCUT2D eigenvalue weighted by Crippen LogP contribution is -2.44. The standard InChI is InChI=1S/C19H23N3O3/c1-3-24-17-9-5-4-8-16(17)19(23)22-12-6-7-15(13-22)25-18-10-11-20-14(2)21-18/h4-5,8-11,15H,3,6-7,12-13H2,1-2H3. The molecule has 1 atom stereocenters. The molecule has 1 fully saturated rings.